The summed E-state index contributed by atoms with van der Waals surface area (Å²) in [6.07, 6.45) is -14.2. The van der Waals surface area contributed by atoms with Crippen molar-refractivity contribution in [2.75, 3.05) is 59.8 Å². The number of hydrogen-bond donors (Lipinski definition) is 18. The normalized spacial score (nSPS) is 33.8. The van der Waals surface area contributed by atoms with Gasteiger partial charge in [-0.3, -0.25) is 15.0 Å². The fourth-order valence-electron chi connectivity index (χ4n) is 6.95. The highest BCUT2D eigenvalue weighted by Gasteiger charge is 2.47. The van der Waals surface area contributed by atoms with Gasteiger partial charge in [0, 0.05) is 39.5 Å². The van der Waals surface area contributed by atoms with Crippen LogP contribution in [0.3, 0.4) is 0 Å². The third-order valence-corrected chi connectivity index (χ3v) is 11.1. The van der Waals surface area contributed by atoms with Gasteiger partial charge in [-0.25, -0.2) is 5.84 Å². The first-order valence-electron chi connectivity index (χ1n) is 23.7. The highest BCUT2D eigenvalue weighted by molar-refractivity contribution is 5.76. The number of nitrogens with one attached hydrogen (secondary N) is 2. The van der Waals surface area contributed by atoms with E-state index in [4.69, 9.17) is 60.1 Å². The molecule has 0 aromatic carbocycles. The summed E-state index contributed by atoms with van der Waals surface area (Å²) in [7, 11) is 1.00. The van der Waals surface area contributed by atoms with Crippen molar-refractivity contribution in [3.8, 4) is 0 Å². The smallest absolute Gasteiger partial charge is 0.233 e. The van der Waals surface area contributed by atoms with Crippen LogP contribution < -0.4 is 22.3 Å². The summed E-state index contributed by atoms with van der Waals surface area (Å²) in [5, 5.41) is 134. The van der Waals surface area contributed by atoms with Crippen molar-refractivity contribution in [2.45, 2.75) is 196 Å². The number of rotatable bonds is 21. The molecule has 4 aliphatic rings. The fraction of sp³-hybridized carbons (Fsp3) is 0.953. The van der Waals surface area contributed by atoms with E-state index in [0.29, 0.717) is 57.6 Å². The maximum absolute atomic E-state index is 11.0. The van der Waals surface area contributed by atoms with Gasteiger partial charge in [0.2, 0.25) is 11.8 Å². The first-order chi connectivity index (χ1) is 33.2. The molecule has 4 fully saturated rings. The van der Waals surface area contributed by atoms with Crippen LogP contribution >= 0.6 is 0 Å². The van der Waals surface area contributed by atoms with E-state index in [9.17, 15) is 65.8 Å². The second-order valence-electron chi connectivity index (χ2n) is 17.3. The van der Waals surface area contributed by atoms with Crippen molar-refractivity contribution in [1.82, 2.24) is 10.7 Å². The Bertz CT molecular complexity index is 1320. The van der Waals surface area contributed by atoms with Gasteiger partial charge in [-0.05, 0) is 51.4 Å². The number of carbonyl (C=O) groups excluding carboxylic acids is 2. The van der Waals surface area contributed by atoms with Crippen LogP contribution in [0.15, 0.2) is 0 Å². The number of nitrogens with two attached hydrogens (primary N) is 2. The summed E-state index contributed by atoms with van der Waals surface area (Å²) in [5.74, 6) is 5.00. The van der Waals surface area contributed by atoms with Gasteiger partial charge < -0.3 is 116 Å². The van der Waals surface area contributed by atoms with Crippen LogP contribution in [-0.2, 0) is 42.7 Å². The number of aliphatic hydroxyl groups is 14. The molecule has 0 spiro atoms. The van der Waals surface area contributed by atoms with Gasteiger partial charge in [0.1, 0.15) is 61.0 Å². The molecule has 0 aromatic rings. The summed E-state index contributed by atoms with van der Waals surface area (Å²) in [6.45, 7) is 7.45. The van der Waals surface area contributed by atoms with Gasteiger partial charge in [-0.15, -0.1) is 0 Å². The number of hydrogen-bond acceptors (Lipinski definition) is 25. The molecule has 2 amide bonds. The van der Waals surface area contributed by atoms with E-state index >= 15 is 0 Å². The van der Waals surface area contributed by atoms with Crippen LogP contribution in [0.4, 0.5) is 0 Å². The van der Waals surface area contributed by atoms with Crippen LogP contribution in [0.1, 0.15) is 85.5 Å². The molecule has 0 bridgehead atoms. The molecule has 4 heterocycles. The number of amides is 2. The monoisotopic (exact) mass is 1030 g/mol. The summed E-state index contributed by atoms with van der Waals surface area (Å²) in [6, 6.07) is 0. The minimum atomic E-state index is -1.63. The third kappa shape index (κ3) is 25.8. The number of ether oxygens (including phenoxy) is 7. The Morgan fingerprint density at radius 2 is 1.29 bits per heavy atom. The molecular formula is C43H88N4O23. The van der Waals surface area contributed by atoms with Gasteiger partial charge in [-0.1, -0.05) is 20.8 Å². The average Bonchev–Trinajstić information content (AvgIpc) is 3.35. The Balaban J connectivity index is 0.00000103. The lowest BCUT2D eigenvalue weighted by Crippen LogP contribution is -2.61. The lowest BCUT2D eigenvalue weighted by atomic mass is 9.98. The Hall–Kier alpha value is -1.98. The molecule has 4 rings (SSSR count). The van der Waals surface area contributed by atoms with E-state index in [1.165, 1.54) is 0 Å². The van der Waals surface area contributed by atoms with Crippen LogP contribution in [0, 0.1) is 5.92 Å². The van der Waals surface area contributed by atoms with E-state index in [0.717, 1.165) is 20.0 Å². The van der Waals surface area contributed by atoms with Crippen molar-refractivity contribution < 1.29 is 114 Å². The highest BCUT2D eigenvalue weighted by Crippen LogP contribution is 2.28. The molecule has 27 nitrogen and oxygen atoms in total. The number of carbonyl (C=O) groups is 2. The van der Waals surface area contributed by atoms with Crippen LogP contribution in [0.5, 0.6) is 0 Å². The molecule has 0 aliphatic carbocycles. The zero-order chi connectivity index (χ0) is 53.5. The predicted molar refractivity (Wildman–Crippen MR) is 244 cm³/mol. The van der Waals surface area contributed by atoms with Crippen molar-refractivity contribution >= 4 is 11.8 Å². The van der Waals surface area contributed by atoms with Crippen LogP contribution in [0.2, 0.25) is 0 Å². The molecule has 13 unspecified atom stereocenters. The van der Waals surface area contributed by atoms with Gasteiger partial charge in [0.05, 0.1) is 70.2 Å². The van der Waals surface area contributed by atoms with Gasteiger partial charge >= 0.3 is 0 Å². The van der Waals surface area contributed by atoms with E-state index < -0.39 is 118 Å². The Morgan fingerprint density at radius 1 is 0.729 bits per heavy atom. The minimum Gasteiger partial charge on any atom is -0.400 e. The molecule has 4 saturated heterocycles. The molecule has 0 aromatic heterocycles. The first-order valence-corrected chi connectivity index (χ1v) is 23.7. The third-order valence-electron chi connectivity index (χ3n) is 11.1. The van der Waals surface area contributed by atoms with Crippen LogP contribution in [-0.4, -0.2) is 254 Å². The quantitative estimate of drug-likeness (QED) is 0.0220. The standard InChI is InChI=1S/C18H32O14.C8H17N3O3.C8H17NO3.C8H18O2.CH4O/c19-2-9-11(22)13(24)15(26)17(31-9)29-4-6-1-8(7(21)5-28-6)30-18-16(27)14(25)12(23)10(3-20)32-18;9-11-8(14)4-2-1-3-7(13)10-5-6-12;1-6-2-3-7(10)8(12-6)11-5-4-9;1-4-7(9)8(10)5-6(2)3;1-2/h6-27H,1-5H2;12H,1-6,9H2,(H,10,13)(H,11,14);6-8,10H,2-5,9H2,1H3;6-10H,4-5H2,1-3H3;2H,1H3/t6?,7?,8?,9?,10?,11-,12-,13?,14?,15?,16?,17+,18+;;6-,7?,8?;;/m1.0../s1. The lowest BCUT2D eigenvalue weighted by molar-refractivity contribution is -0.328. The number of hydrazine groups is 1. The lowest BCUT2D eigenvalue weighted by Gasteiger charge is -2.43. The molecule has 0 radical (unpaired) electrons. The molecule has 4 aliphatic heterocycles. The predicted octanol–water partition coefficient (Wildman–Crippen LogP) is -6.60. The molecular weight excluding hydrogens is 940 g/mol. The van der Waals surface area contributed by atoms with Gasteiger partial charge in [-0.2, -0.15) is 0 Å². The zero-order valence-electron chi connectivity index (χ0n) is 41.1. The summed E-state index contributed by atoms with van der Waals surface area (Å²) >= 11 is 0. The average molecular weight is 1030 g/mol. The largest absolute Gasteiger partial charge is 0.400 e. The summed E-state index contributed by atoms with van der Waals surface area (Å²) in [5.41, 5.74) is 7.28. The zero-order valence-corrected chi connectivity index (χ0v) is 41.1. The second kappa shape index (κ2) is 38.6. The Morgan fingerprint density at radius 3 is 1.80 bits per heavy atom. The van der Waals surface area contributed by atoms with Crippen LogP contribution in [0.25, 0.3) is 0 Å². The van der Waals surface area contributed by atoms with Crippen molar-refractivity contribution in [3.05, 3.63) is 0 Å². The fourth-order valence-corrected chi connectivity index (χ4v) is 6.95. The Kier molecular flexibility index (Phi) is 37.5. The second-order valence-corrected chi connectivity index (χ2v) is 17.3. The molecule has 18 atom stereocenters. The van der Waals surface area contributed by atoms with Crippen molar-refractivity contribution in [1.29, 1.82) is 0 Å². The van der Waals surface area contributed by atoms with E-state index in [1.54, 1.807) is 0 Å². The van der Waals surface area contributed by atoms with Gasteiger partial charge in [0.15, 0.2) is 18.9 Å². The van der Waals surface area contributed by atoms with E-state index in [-0.39, 0.29) is 50.7 Å². The maximum Gasteiger partial charge on any atom is 0.233 e. The first kappa shape index (κ1) is 68.0. The number of aliphatic hydroxyl groups excluding tert-OH is 14. The topological polar surface area (TPSA) is 458 Å². The van der Waals surface area contributed by atoms with E-state index in [1.807, 2.05) is 33.1 Å². The highest BCUT2D eigenvalue weighted by atomic mass is 16.7. The molecule has 20 N–H and O–H groups in total. The van der Waals surface area contributed by atoms with E-state index in [2.05, 4.69) is 5.32 Å². The summed E-state index contributed by atoms with van der Waals surface area (Å²) in [4.78, 5) is 21.6. The summed E-state index contributed by atoms with van der Waals surface area (Å²) < 4.78 is 37.6. The maximum atomic E-state index is 11.0. The van der Waals surface area contributed by atoms with Crippen molar-refractivity contribution in [2.24, 2.45) is 17.5 Å². The molecule has 27 heteroatoms. The minimum absolute atomic E-state index is 0.0353. The Labute approximate surface area is 409 Å². The van der Waals surface area contributed by atoms with Gasteiger partial charge in [0.25, 0.3) is 0 Å². The van der Waals surface area contributed by atoms with Crippen molar-refractivity contribution in [3.63, 3.8) is 0 Å². The SMILES string of the molecule is CCC(O)C(O)CC(C)C.CO.C[C@H]1CCC(O)C(OCCN)O1.NNC(=O)CCCCC(=O)NCCO.OCC1O[C@H](OCC2CC(O[C@H]3OC(CO)[C@@H](O)C(O)C3O)C(O)CO2)C(O)C(O)[C@@H]1O. The molecule has 70 heavy (non-hydrogen) atoms. The number of unbranched alkanes of at least 4 members (excludes halogenated alkanes) is 1. The molecule has 418 valence electrons. The molecule has 0 saturated carbocycles.